The average molecular weight is 500 g/mol. The SMILES string of the molecule is CN1CC2CCCc3cc(Nc4ncc(C#N)c(Nc5cccc(P(C)(C)=O)n5)n4)cc(c32)C12CC2. The predicted octanol–water partition coefficient (Wildman–Crippen LogP) is 4.83. The number of anilines is 4. The van der Waals surface area contributed by atoms with Crippen LogP contribution in [0.3, 0.4) is 0 Å². The Kier molecular flexibility index (Phi) is 5.40. The fraction of sp³-hybridized carbons (Fsp3) is 0.407. The summed E-state index contributed by atoms with van der Waals surface area (Å²) in [5.41, 5.74) is 6.51. The Morgan fingerprint density at radius 2 is 2.03 bits per heavy atom. The van der Waals surface area contributed by atoms with Gasteiger partial charge in [0.15, 0.2) is 5.82 Å². The van der Waals surface area contributed by atoms with Crippen molar-refractivity contribution >= 4 is 35.8 Å². The maximum Gasteiger partial charge on any atom is 0.229 e. The molecule has 2 N–H and O–H groups in total. The number of nitrogens with one attached hydrogen (secondary N) is 2. The van der Waals surface area contributed by atoms with Crippen LogP contribution in [0, 0.1) is 11.3 Å². The monoisotopic (exact) mass is 499 g/mol. The quantitative estimate of drug-likeness (QED) is 0.481. The summed E-state index contributed by atoms with van der Waals surface area (Å²) >= 11 is 0. The van der Waals surface area contributed by atoms with Crippen LogP contribution in [0.25, 0.3) is 0 Å². The van der Waals surface area contributed by atoms with Crippen molar-refractivity contribution < 1.29 is 4.57 Å². The molecule has 184 valence electrons. The molecule has 8 nitrogen and oxygen atoms in total. The van der Waals surface area contributed by atoms with Crippen LogP contribution in [0.15, 0.2) is 36.5 Å². The molecule has 1 fully saturated rings. The van der Waals surface area contributed by atoms with Crippen LogP contribution in [0.4, 0.5) is 23.3 Å². The summed E-state index contributed by atoms with van der Waals surface area (Å²) in [5.74, 6) is 1.89. The number of pyridine rings is 1. The van der Waals surface area contributed by atoms with Crippen LogP contribution in [-0.2, 0) is 16.5 Å². The van der Waals surface area contributed by atoms with Crippen LogP contribution in [-0.4, -0.2) is 46.8 Å². The van der Waals surface area contributed by atoms with Gasteiger partial charge in [-0.05, 0) is 99.4 Å². The van der Waals surface area contributed by atoms with Crippen LogP contribution < -0.4 is 16.1 Å². The minimum atomic E-state index is -2.52. The van der Waals surface area contributed by atoms with Crippen molar-refractivity contribution in [3.05, 3.63) is 58.8 Å². The summed E-state index contributed by atoms with van der Waals surface area (Å²) in [5, 5.41) is 16.2. The molecule has 3 aliphatic rings. The van der Waals surface area contributed by atoms with E-state index in [2.05, 4.69) is 55.7 Å². The zero-order valence-electron chi connectivity index (χ0n) is 20.9. The third kappa shape index (κ3) is 3.97. The first-order chi connectivity index (χ1) is 17.3. The van der Waals surface area contributed by atoms with E-state index in [0.29, 0.717) is 34.5 Å². The second-order valence-corrected chi connectivity index (χ2v) is 13.8. The van der Waals surface area contributed by atoms with Gasteiger partial charge in [-0.25, -0.2) is 9.97 Å². The first-order valence-electron chi connectivity index (χ1n) is 12.5. The van der Waals surface area contributed by atoms with E-state index in [1.165, 1.54) is 43.0 Å². The van der Waals surface area contributed by atoms with Gasteiger partial charge in [-0.1, -0.05) is 6.07 Å². The Labute approximate surface area is 211 Å². The van der Waals surface area contributed by atoms with Gasteiger partial charge in [0.25, 0.3) is 0 Å². The highest BCUT2D eigenvalue weighted by Crippen LogP contribution is 2.58. The molecule has 1 spiro atoms. The number of rotatable bonds is 5. The van der Waals surface area contributed by atoms with Crippen LogP contribution in [0.1, 0.15) is 53.9 Å². The third-order valence-corrected chi connectivity index (χ3v) is 9.17. The Balaban J connectivity index is 1.33. The van der Waals surface area contributed by atoms with Crippen molar-refractivity contribution in [1.82, 2.24) is 19.9 Å². The van der Waals surface area contributed by atoms with Gasteiger partial charge in [-0.3, -0.25) is 4.90 Å². The molecule has 0 saturated heterocycles. The normalized spacial score (nSPS) is 19.9. The van der Waals surface area contributed by atoms with Crippen molar-refractivity contribution in [2.24, 2.45) is 0 Å². The number of fused-ring (bicyclic) bond motifs is 1. The largest absolute Gasteiger partial charge is 0.324 e. The van der Waals surface area contributed by atoms with E-state index in [0.717, 1.165) is 18.7 Å². The minimum Gasteiger partial charge on any atom is -0.324 e. The maximum atomic E-state index is 12.5. The predicted molar refractivity (Wildman–Crippen MR) is 142 cm³/mol. The summed E-state index contributed by atoms with van der Waals surface area (Å²) in [7, 11) is -0.247. The summed E-state index contributed by atoms with van der Waals surface area (Å²) in [6.07, 6.45) is 7.53. The van der Waals surface area contributed by atoms with Crippen LogP contribution in [0.5, 0.6) is 0 Å². The smallest absolute Gasteiger partial charge is 0.229 e. The number of hydrogen-bond acceptors (Lipinski definition) is 8. The van der Waals surface area contributed by atoms with E-state index < -0.39 is 7.14 Å². The molecule has 1 atom stereocenters. The molecule has 1 aromatic carbocycles. The molecule has 3 aromatic rings. The lowest BCUT2D eigenvalue weighted by molar-refractivity contribution is 0.179. The molecule has 0 amide bonds. The number of nitrogens with zero attached hydrogens (tertiary/aromatic N) is 5. The minimum absolute atomic E-state index is 0.183. The van der Waals surface area contributed by atoms with Gasteiger partial charge in [0.2, 0.25) is 5.95 Å². The Morgan fingerprint density at radius 1 is 1.19 bits per heavy atom. The molecule has 2 aromatic heterocycles. The molecular weight excluding hydrogens is 469 g/mol. The summed E-state index contributed by atoms with van der Waals surface area (Å²) in [6, 6.07) is 12.0. The topological polar surface area (TPSA) is 107 Å². The summed E-state index contributed by atoms with van der Waals surface area (Å²) in [4.78, 5) is 16.1. The van der Waals surface area contributed by atoms with Gasteiger partial charge < -0.3 is 15.2 Å². The lowest BCUT2D eigenvalue weighted by atomic mass is 9.74. The summed E-state index contributed by atoms with van der Waals surface area (Å²) in [6.45, 7) is 4.52. The van der Waals surface area contributed by atoms with Crippen LogP contribution >= 0.6 is 7.14 Å². The Hall–Kier alpha value is -3.27. The summed E-state index contributed by atoms with van der Waals surface area (Å²) < 4.78 is 12.5. The first-order valence-corrected chi connectivity index (χ1v) is 15.1. The van der Waals surface area contributed by atoms with E-state index in [-0.39, 0.29) is 5.54 Å². The zero-order chi connectivity index (χ0) is 25.1. The van der Waals surface area contributed by atoms with Crippen molar-refractivity contribution in [3.8, 4) is 6.07 Å². The Bertz CT molecular complexity index is 1450. The average Bonchev–Trinajstić information content (AvgIpc) is 3.65. The van der Waals surface area contributed by atoms with Gasteiger partial charge in [0.05, 0.1) is 6.20 Å². The van der Waals surface area contributed by atoms with Crippen molar-refractivity contribution in [2.75, 3.05) is 37.6 Å². The third-order valence-electron chi connectivity index (χ3n) is 7.82. The molecule has 2 aliphatic carbocycles. The van der Waals surface area contributed by atoms with Gasteiger partial charge in [-0.15, -0.1) is 0 Å². The van der Waals surface area contributed by atoms with Crippen molar-refractivity contribution in [3.63, 3.8) is 0 Å². The second kappa shape index (κ2) is 8.40. The fourth-order valence-corrected chi connectivity index (χ4v) is 6.66. The second-order valence-electron chi connectivity index (χ2n) is 10.6. The van der Waals surface area contributed by atoms with Gasteiger partial charge >= 0.3 is 0 Å². The highest BCUT2D eigenvalue weighted by molar-refractivity contribution is 7.69. The molecule has 1 unspecified atom stereocenters. The molecule has 9 heteroatoms. The van der Waals surface area contributed by atoms with Gasteiger partial charge in [-0.2, -0.15) is 10.2 Å². The molecule has 3 heterocycles. The van der Waals surface area contributed by atoms with E-state index in [4.69, 9.17) is 0 Å². The Morgan fingerprint density at radius 3 is 2.78 bits per heavy atom. The van der Waals surface area contributed by atoms with E-state index in [9.17, 15) is 9.83 Å². The number of hydrogen-bond donors (Lipinski definition) is 2. The molecule has 1 aliphatic heterocycles. The molecular formula is C27H30N7OP. The standard InChI is InChI=1S/C27H30N7OP/c1-34-16-18-7-4-6-17-12-20(13-21(24(17)18)27(34)10-11-27)30-26-29-15-19(14-28)25(33-26)32-22-8-5-9-23(31-22)36(2,3)35/h5,8-9,12-13,15,18H,4,6-7,10-11,16H2,1-3H3,(H2,29,30,31,32,33). The molecule has 0 bridgehead atoms. The number of benzene rings is 1. The fourth-order valence-electron chi connectivity index (χ4n) is 5.87. The van der Waals surface area contributed by atoms with Crippen LogP contribution in [0.2, 0.25) is 0 Å². The lowest BCUT2D eigenvalue weighted by Crippen LogP contribution is -2.42. The maximum absolute atomic E-state index is 12.5. The van der Waals surface area contributed by atoms with E-state index in [1.807, 2.05) is 0 Å². The van der Waals surface area contributed by atoms with Crippen molar-refractivity contribution in [2.45, 2.75) is 43.6 Å². The number of aromatic nitrogens is 3. The molecule has 36 heavy (non-hydrogen) atoms. The lowest BCUT2D eigenvalue weighted by Gasteiger charge is -2.43. The van der Waals surface area contributed by atoms with Crippen molar-refractivity contribution in [1.29, 1.82) is 5.26 Å². The van der Waals surface area contributed by atoms with Gasteiger partial charge in [0, 0.05) is 17.8 Å². The van der Waals surface area contributed by atoms with E-state index >= 15 is 0 Å². The number of likely N-dealkylation sites (N-methyl/N-ethyl adjacent to an activating group) is 1. The molecule has 0 radical (unpaired) electrons. The zero-order valence-corrected chi connectivity index (χ0v) is 21.8. The molecule has 6 rings (SSSR count). The highest BCUT2D eigenvalue weighted by Gasteiger charge is 2.53. The molecule has 1 saturated carbocycles. The first kappa shape index (κ1) is 23.1. The number of nitriles is 1. The van der Waals surface area contributed by atoms with E-state index in [1.54, 1.807) is 37.1 Å². The number of aryl methyl sites for hydroxylation is 1. The highest BCUT2D eigenvalue weighted by atomic mass is 31.2. The van der Waals surface area contributed by atoms with Gasteiger partial charge in [0.1, 0.15) is 30.0 Å².